The summed E-state index contributed by atoms with van der Waals surface area (Å²) in [6.07, 6.45) is 0.518. The normalized spacial score (nSPS) is 17.3. The number of aliphatic hydroxyl groups is 1. The van der Waals surface area contributed by atoms with E-state index in [0.29, 0.717) is 18.4 Å². The van der Waals surface area contributed by atoms with Crippen LogP contribution in [0.3, 0.4) is 0 Å². The summed E-state index contributed by atoms with van der Waals surface area (Å²) in [5, 5.41) is 29.2. The average molecular weight is 704 g/mol. The quantitative estimate of drug-likeness (QED) is 0.0814. The van der Waals surface area contributed by atoms with E-state index in [-0.39, 0.29) is 44.1 Å². The number of likely N-dealkylation sites (tertiary alicyclic amines) is 1. The van der Waals surface area contributed by atoms with Gasteiger partial charge in [0.15, 0.2) is 0 Å². The third-order valence-corrected chi connectivity index (χ3v) is 8.26. The number of carboxylic acid groups (broad SMARTS) is 1. The number of benzene rings is 1. The van der Waals surface area contributed by atoms with Crippen molar-refractivity contribution in [2.24, 2.45) is 23.3 Å². The highest BCUT2D eigenvalue weighted by Crippen LogP contribution is 2.20. The zero-order chi connectivity index (χ0) is 37.5. The second kappa shape index (κ2) is 20.2. The van der Waals surface area contributed by atoms with Gasteiger partial charge in [0.2, 0.25) is 35.4 Å². The summed E-state index contributed by atoms with van der Waals surface area (Å²) in [4.78, 5) is 91.8. The molecule has 2 rings (SSSR count). The van der Waals surface area contributed by atoms with Gasteiger partial charge in [-0.05, 0) is 49.5 Å². The van der Waals surface area contributed by atoms with Gasteiger partial charge >= 0.3 is 5.97 Å². The molecule has 1 aliphatic rings. The highest BCUT2D eigenvalue weighted by atomic mass is 16.4. The molecule has 0 saturated carbocycles. The summed E-state index contributed by atoms with van der Waals surface area (Å²) in [6.45, 7) is 6.89. The van der Waals surface area contributed by atoms with Crippen LogP contribution in [0.2, 0.25) is 0 Å². The van der Waals surface area contributed by atoms with Gasteiger partial charge < -0.3 is 47.8 Å². The highest BCUT2D eigenvalue weighted by molar-refractivity contribution is 5.97. The fraction of sp³-hybridized carbons (Fsp3) is 0.618. The monoisotopic (exact) mass is 703 g/mol. The van der Waals surface area contributed by atoms with E-state index < -0.39 is 90.7 Å². The molecule has 6 atom stereocenters. The van der Waals surface area contributed by atoms with Crippen LogP contribution in [-0.2, 0) is 40.0 Å². The molecule has 278 valence electrons. The molecule has 6 amide bonds. The minimum Gasteiger partial charge on any atom is -0.481 e. The number of hydrogen-bond donors (Lipinski definition) is 8. The molecule has 0 radical (unpaired) electrons. The maximum absolute atomic E-state index is 13.8. The Morgan fingerprint density at radius 3 is 1.78 bits per heavy atom. The smallest absolute Gasteiger partial charge is 0.303 e. The number of amides is 6. The lowest BCUT2D eigenvalue weighted by Crippen LogP contribution is -2.60. The van der Waals surface area contributed by atoms with Crippen LogP contribution in [0, 0.1) is 11.8 Å². The number of aliphatic carboxylic acids is 1. The number of hydrogen-bond acceptors (Lipinski definition) is 9. The molecule has 0 bridgehead atoms. The summed E-state index contributed by atoms with van der Waals surface area (Å²) >= 11 is 0. The lowest BCUT2D eigenvalue weighted by atomic mass is 9.98. The van der Waals surface area contributed by atoms with Crippen molar-refractivity contribution >= 4 is 41.4 Å². The largest absolute Gasteiger partial charge is 0.481 e. The maximum atomic E-state index is 13.8. The van der Waals surface area contributed by atoms with Crippen molar-refractivity contribution in [3.8, 4) is 0 Å². The molecule has 1 saturated heterocycles. The summed E-state index contributed by atoms with van der Waals surface area (Å²) in [7, 11) is 0. The predicted molar refractivity (Wildman–Crippen MR) is 183 cm³/mol. The molecule has 1 aromatic rings. The molecule has 0 spiro atoms. The van der Waals surface area contributed by atoms with Gasteiger partial charge in [-0.2, -0.15) is 0 Å². The van der Waals surface area contributed by atoms with Gasteiger partial charge in [0.05, 0.1) is 6.61 Å². The molecule has 1 aliphatic heterocycles. The molecule has 1 aromatic carbocycles. The van der Waals surface area contributed by atoms with Crippen molar-refractivity contribution in [1.29, 1.82) is 0 Å². The van der Waals surface area contributed by atoms with Crippen LogP contribution < -0.4 is 32.7 Å². The van der Waals surface area contributed by atoms with Crippen LogP contribution in [-0.4, -0.2) is 106 Å². The molecule has 16 nitrogen and oxygen atoms in total. The van der Waals surface area contributed by atoms with Gasteiger partial charge in [0.25, 0.3) is 0 Å². The number of nitrogens with zero attached hydrogens (tertiary/aromatic N) is 1. The van der Waals surface area contributed by atoms with Gasteiger partial charge in [-0.15, -0.1) is 0 Å². The summed E-state index contributed by atoms with van der Waals surface area (Å²) < 4.78 is 0. The van der Waals surface area contributed by atoms with E-state index in [2.05, 4.69) is 21.3 Å². The second-order valence-corrected chi connectivity index (χ2v) is 13.5. The Hall–Kier alpha value is -4.57. The van der Waals surface area contributed by atoms with E-state index >= 15 is 0 Å². The van der Waals surface area contributed by atoms with E-state index in [1.807, 2.05) is 27.7 Å². The number of carbonyl (C=O) groups excluding carboxylic acids is 6. The van der Waals surface area contributed by atoms with Gasteiger partial charge in [-0.1, -0.05) is 58.0 Å². The molecule has 10 N–H and O–H groups in total. The first-order valence-corrected chi connectivity index (χ1v) is 17.0. The molecule has 1 fully saturated rings. The predicted octanol–water partition coefficient (Wildman–Crippen LogP) is -1.08. The van der Waals surface area contributed by atoms with E-state index in [4.69, 9.17) is 11.5 Å². The van der Waals surface area contributed by atoms with Gasteiger partial charge in [0, 0.05) is 19.4 Å². The Kier molecular flexibility index (Phi) is 16.8. The lowest BCUT2D eigenvalue weighted by molar-refractivity contribution is -0.142. The van der Waals surface area contributed by atoms with Crippen LogP contribution in [0.5, 0.6) is 0 Å². The standard InChI is InChI=1S/C34H53N7O9/c1-19(2)15-24(31(47)37-23(12-13-28(43)44)34(50)41-14-8-11-27(41)29(36)45)39-32(48)25(16-20(3)4)40-33(49)26(38-30(46)22(35)18-42)17-21-9-6-5-7-10-21/h5-7,9-10,19-20,22-27,42H,8,11-18,35H2,1-4H3,(H2,36,45)(H,37,47)(H,38,46)(H,39,48)(H,40,49)(H,43,44)/t22-,23-,24-,25-,26-,27-/m0/s1. The number of nitrogens with one attached hydrogen (secondary N) is 4. The summed E-state index contributed by atoms with van der Waals surface area (Å²) in [5.74, 6) is -5.63. The second-order valence-electron chi connectivity index (χ2n) is 13.5. The van der Waals surface area contributed by atoms with Gasteiger partial charge in [-0.3, -0.25) is 33.6 Å². The third-order valence-electron chi connectivity index (χ3n) is 8.26. The summed E-state index contributed by atoms with van der Waals surface area (Å²) in [6, 6.07) is 1.91. The van der Waals surface area contributed by atoms with Crippen molar-refractivity contribution in [3.05, 3.63) is 35.9 Å². The van der Waals surface area contributed by atoms with Crippen LogP contribution >= 0.6 is 0 Å². The first kappa shape index (κ1) is 41.6. The van der Waals surface area contributed by atoms with E-state index in [0.717, 1.165) is 0 Å². The molecule has 1 heterocycles. The topological polar surface area (TPSA) is 263 Å². The van der Waals surface area contributed by atoms with Gasteiger partial charge in [-0.25, -0.2) is 0 Å². The van der Waals surface area contributed by atoms with Crippen molar-refractivity contribution in [1.82, 2.24) is 26.2 Å². The SMILES string of the molecule is CC(C)C[C@H](NC(=O)[C@H](Cc1ccccc1)NC(=O)[C@@H](N)CO)C(=O)N[C@@H](CC(C)C)C(=O)N[C@@H](CCC(=O)O)C(=O)N1CCC[C@H]1C(N)=O. The number of primary amides is 1. The zero-order valence-corrected chi connectivity index (χ0v) is 29.2. The molecular formula is C34H53N7O9. The Morgan fingerprint density at radius 1 is 0.800 bits per heavy atom. The molecule has 0 aliphatic carbocycles. The van der Waals surface area contributed by atoms with Crippen LogP contribution in [0.25, 0.3) is 0 Å². The van der Waals surface area contributed by atoms with Crippen molar-refractivity contribution in [2.75, 3.05) is 13.2 Å². The van der Waals surface area contributed by atoms with E-state index in [9.17, 15) is 43.8 Å². The van der Waals surface area contributed by atoms with Crippen LogP contribution in [0.15, 0.2) is 30.3 Å². The zero-order valence-electron chi connectivity index (χ0n) is 29.2. The van der Waals surface area contributed by atoms with Crippen LogP contribution in [0.4, 0.5) is 0 Å². The fourth-order valence-corrected chi connectivity index (χ4v) is 5.70. The molecule has 0 aromatic heterocycles. The average Bonchev–Trinajstić information content (AvgIpc) is 3.55. The molecular weight excluding hydrogens is 650 g/mol. The Labute approximate surface area is 292 Å². The number of rotatable bonds is 20. The van der Waals surface area contributed by atoms with E-state index in [1.54, 1.807) is 30.3 Å². The van der Waals surface area contributed by atoms with Crippen molar-refractivity contribution in [2.45, 2.75) is 109 Å². The highest BCUT2D eigenvalue weighted by Gasteiger charge is 2.38. The Morgan fingerprint density at radius 2 is 1.30 bits per heavy atom. The van der Waals surface area contributed by atoms with Gasteiger partial charge in [0.1, 0.15) is 36.3 Å². The van der Waals surface area contributed by atoms with E-state index in [1.165, 1.54) is 4.90 Å². The molecule has 50 heavy (non-hydrogen) atoms. The van der Waals surface area contributed by atoms with Crippen molar-refractivity contribution in [3.63, 3.8) is 0 Å². The lowest BCUT2D eigenvalue weighted by Gasteiger charge is -2.30. The van der Waals surface area contributed by atoms with Crippen LogP contribution in [0.1, 0.15) is 71.8 Å². The Bertz CT molecular complexity index is 1340. The minimum atomic E-state index is -1.30. The first-order valence-electron chi connectivity index (χ1n) is 17.0. The molecule has 0 unspecified atom stereocenters. The molecule has 16 heteroatoms. The summed E-state index contributed by atoms with van der Waals surface area (Å²) in [5.41, 5.74) is 11.9. The fourth-order valence-electron chi connectivity index (χ4n) is 5.70. The maximum Gasteiger partial charge on any atom is 0.303 e. The minimum absolute atomic E-state index is 0.0599. The van der Waals surface area contributed by atoms with Crippen molar-refractivity contribution < 1.29 is 43.8 Å². The number of aliphatic hydroxyl groups excluding tert-OH is 1. The number of carboxylic acids is 1. The number of nitrogens with two attached hydrogens (primary N) is 2. The Balaban J connectivity index is 2.31. The first-order chi connectivity index (χ1) is 23.5. The third kappa shape index (κ3) is 13.4. The number of carbonyl (C=O) groups is 7.